The third-order valence-electron chi connectivity index (χ3n) is 3.73. The third-order valence-corrected chi connectivity index (χ3v) is 4.15. The van der Waals surface area contributed by atoms with Crippen molar-refractivity contribution in [3.8, 4) is 0 Å². The fourth-order valence-corrected chi connectivity index (χ4v) is 2.71. The molecule has 118 valence electrons. The van der Waals surface area contributed by atoms with Gasteiger partial charge < -0.3 is 15.2 Å². The average molecular weight is 313 g/mol. The number of ether oxygens (including phenoxy) is 1. The van der Waals surface area contributed by atoms with Crippen molar-refractivity contribution in [2.45, 2.75) is 26.0 Å². The lowest BCUT2D eigenvalue weighted by atomic mass is 10.1. The molecule has 2 N–H and O–H groups in total. The monoisotopic (exact) mass is 312 g/mol. The molecule has 1 fully saturated rings. The molecule has 1 aromatic rings. The topological polar surface area (TPSA) is 44.7 Å². The summed E-state index contributed by atoms with van der Waals surface area (Å²) in [5.41, 5.74) is 1.52. The predicted molar refractivity (Wildman–Crippen MR) is 85.8 cm³/mol. The van der Waals surface area contributed by atoms with Crippen molar-refractivity contribution < 1.29 is 9.84 Å². The molecule has 1 saturated heterocycles. The molecule has 0 bridgehead atoms. The zero-order chi connectivity index (χ0) is 15.3. The molecule has 0 aliphatic carbocycles. The summed E-state index contributed by atoms with van der Waals surface area (Å²) in [5.74, 6) is 0. The predicted octanol–water partition coefficient (Wildman–Crippen LogP) is 1.82. The first kappa shape index (κ1) is 16.7. The Morgan fingerprint density at radius 3 is 2.76 bits per heavy atom. The normalized spacial score (nSPS) is 19.4. The third kappa shape index (κ3) is 5.57. The number of nitrogens with zero attached hydrogens (tertiary/aromatic N) is 1. The lowest BCUT2D eigenvalue weighted by Crippen LogP contribution is -2.50. The highest BCUT2D eigenvalue weighted by Gasteiger charge is 2.24. The Hall–Kier alpha value is -0.650. The van der Waals surface area contributed by atoms with E-state index in [-0.39, 0.29) is 0 Å². The number of aryl methyl sites for hydroxylation is 1. The first-order chi connectivity index (χ1) is 9.96. The number of hydrogen-bond donors (Lipinski definition) is 2. The van der Waals surface area contributed by atoms with Crippen LogP contribution in [0.2, 0.25) is 5.02 Å². The summed E-state index contributed by atoms with van der Waals surface area (Å²) < 4.78 is 5.32. The van der Waals surface area contributed by atoms with Gasteiger partial charge in [-0.1, -0.05) is 23.7 Å². The standard InChI is InChI=1S/C16H25ClN2O2/c1-13-9-14(3-4-15(13)17)10-18-11-16(2,20)12-19-5-7-21-8-6-19/h3-4,9,18,20H,5-8,10-12H2,1-2H3. The molecule has 1 atom stereocenters. The lowest BCUT2D eigenvalue weighted by molar-refractivity contribution is -0.0219. The Morgan fingerprint density at radius 1 is 1.38 bits per heavy atom. The van der Waals surface area contributed by atoms with Crippen LogP contribution < -0.4 is 5.32 Å². The summed E-state index contributed by atoms with van der Waals surface area (Å²) in [6.07, 6.45) is 0. The van der Waals surface area contributed by atoms with Gasteiger partial charge in [-0.15, -0.1) is 0 Å². The zero-order valence-corrected chi connectivity index (χ0v) is 13.6. The molecule has 0 saturated carbocycles. The van der Waals surface area contributed by atoms with Crippen LogP contribution in [0.15, 0.2) is 18.2 Å². The Bertz CT molecular complexity index is 460. The maximum atomic E-state index is 10.5. The van der Waals surface area contributed by atoms with Crippen LogP contribution >= 0.6 is 11.6 Å². The maximum absolute atomic E-state index is 10.5. The van der Waals surface area contributed by atoms with Gasteiger partial charge in [-0.2, -0.15) is 0 Å². The second-order valence-electron chi connectivity index (χ2n) is 6.07. The highest BCUT2D eigenvalue weighted by Crippen LogP contribution is 2.16. The van der Waals surface area contributed by atoms with Gasteiger partial charge in [0, 0.05) is 37.7 Å². The van der Waals surface area contributed by atoms with Crippen molar-refractivity contribution in [1.29, 1.82) is 0 Å². The van der Waals surface area contributed by atoms with Gasteiger partial charge in [0.25, 0.3) is 0 Å². The number of β-amino-alcohol motifs (C(OH)–C–C–N with tert-alkyl or cyclic N) is 1. The van der Waals surface area contributed by atoms with E-state index in [0.717, 1.165) is 43.4 Å². The molecule has 4 nitrogen and oxygen atoms in total. The molecule has 0 radical (unpaired) electrons. The van der Waals surface area contributed by atoms with Crippen LogP contribution in [-0.2, 0) is 11.3 Å². The van der Waals surface area contributed by atoms with Crippen LogP contribution in [0, 0.1) is 6.92 Å². The van der Waals surface area contributed by atoms with Gasteiger partial charge in [0.1, 0.15) is 0 Å². The summed E-state index contributed by atoms with van der Waals surface area (Å²) in [7, 11) is 0. The van der Waals surface area contributed by atoms with Crippen molar-refractivity contribution in [3.63, 3.8) is 0 Å². The van der Waals surface area contributed by atoms with Gasteiger partial charge in [-0.05, 0) is 31.0 Å². The number of benzene rings is 1. The van der Waals surface area contributed by atoms with Crippen LogP contribution in [-0.4, -0.2) is 55.0 Å². The first-order valence-corrected chi connectivity index (χ1v) is 7.82. The maximum Gasteiger partial charge on any atom is 0.0869 e. The fourth-order valence-electron chi connectivity index (χ4n) is 2.59. The second kappa shape index (κ2) is 7.56. The van der Waals surface area contributed by atoms with Gasteiger partial charge in [-0.3, -0.25) is 4.90 Å². The Kier molecular flexibility index (Phi) is 6.02. The van der Waals surface area contributed by atoms with E-state index in [9.17, 15) is 5.11 Å². The Balaban J connectivity index is 1.76. The van der Waals surface area contributed by atoms with Crippen LogP contribution in [0.25, 0.3) is 0 Å². The fraction of sp³-hybridized carbons (Fsp3) is 0.625. The van der Waals surface area contributed by atoms with Crippen molar-refractivity contribution >= 4 is 11.6 Å². The molecule has 5 heteroatoms. The lowest BCUT2D eigenvalue weighted by Gasteiger charge is -2.34. The highest BCUT2D eigenvalue weighted by atomic mass is 35.5. The minimum Gasteiger partial charge on any atom is -0.388 e. The molecule has 21 heavy (non-hydrogen) atoms. The van der Waals surface area contributed by atoms with Crippen molar-refractivity contribution in [2.24, 2.45) is 0 Å². The molecular formula is C16H25ClN2O2. The number of nitrogens with one attached hydrogen (secondary N) is 1. The second-order valence-corrected chi connectivity index (χ2v) is 6.48. The molecule has 1 unspecified atom stereocenters. The van der Waals surface area contributed by atoms with E-state index >= 15 is 0 Å². The number of morpholine rings is 1. The summed E-state index contributed by atoms with van der Waals surface area (Å²) in [5, 5.41) is 14.6. The molecule has 1 heterocycles. The van der Waals surface area contributed by atoms with Crippen molar-refractivity contribution in [2.75, 3.05) is 39.4 Å². The quantitative estimate of drug-likeness (QED) is 0.841. The number of rotatable bonds is 6. The zero-order valence-electron chi connectivity index (χ0n) is 12.9. The summed E-state index contributed by atoms with van der Waals surface area (Å²) in [6, 6.07) is 6.00. The van der Waals surface area contributed by atoms with Crippen LogP contribution in [0.4, 0.5) is 0 Å². The molecule has 0 spiro atoms. The van der Waals surface area contributed by atoms with E-state index in [0.29, 0.717) is 13.1 Å². The van der Waals surface area contributed by atoms with Crippen molar-refractivity contribution in [1.82, 2.24) is 10.2 Å². The van der Waals surface area contributed by atoms with Crippen LogP contribution in [0.5, 0.6) is 0 Å². The van der Waals surface area contributed by atoms with Crippen LogP contribution in [0.1, 0.15) is 18.1 Å². The van der Waals surface area contributed by atoms with E-state index in [2.05, 4.69) is 16.3 Å². The summed E-state index contributed by atoms with van der Waals surface area (Å²) >= 11 is 6.02. The van der Waals surface area contributed by atoms with Gasteiger partial charge in [0.05, 0.1) is 18.8 Å². The summed E-state index contributed by atoms with van der Waals surface area (Å²) in [6.45, 7) is 9.15. The molecule has 0 amide bonds. The average Bonchev–Trinajstić information content (AvgIpc) is 2.43. The van der Waals surface area contributed by atoms with E-state index in [1.807, 2.05) is 26.0 Å². The van der Waals surface area contributed by atoms with E-state index in [1.54, 1.807) is 0 Å². The first-order valence-electron chi connectivity index (χ1n) is 7.44. The van der Waals surface area contributed by atoms with E-state index < -0.39 is 5.60 Å². The molecule has 1 aliphatic rings. The molecule has 1 aliphatic heterocycles. The van der Waals surface area contributed by atoms with Gasteiger partial charge in [0.15, 0.2) is 0 Å². The minimum atomic E-state index is -0.737. The van der Waals surface area contributed by atoms with E-state index in [4.69, 9.17) is 16.3 Å². The number of hydrogen-bond acceptors (Lipinski definition) is 4. The minimum absolute atomic E-state index is 0.562. The number of aliphatic hydroxyl groups is 1. The summed E-state index contributed by atoms with van der Waals surface area (Å²) in [4.78, 5) is 2.25. The van der Waals surface area contributed by atoms with Crippen molar-refractivity contribution in [3.05, 3.63) is 34.3 Å². The molecule has 1 aromatic carbocycles. The van der Waals surface area contributed by atoms with Crippen LogP contribution in [0.3, 0.4) is 0 Å². The Morgan fingerprint density at radius 2 is 2.10 bits per heavy atom. The van der Waals surface area contributed by atoms with Gasteiger partial charge in [-0.25, -0.2) is 0 Å². The highest BCUT2D eigenvalue weighted by molar-refractivity contribution is 6.31. The molecule has 2 rings (SSSR count). The Labute approximate surface area is 132 Å². The van der Waals surface area contributed by atoms with Gasteiger partial charge >= 0.3 is 0 Å². The molecular weight excluding hydrogens is 288 g/mol. The smallest absolute Gasteiger partial charge is 0.0869 e. The van der Waals surface area contributed by atoms with E-state index in [1.165, 1.54) is 5.56 Å². The SMILES string of the molecule is Cc1cc(CNCC(C)(O)CN2CCOCC2)ccc1Cl. The largest absolute Gasteiger partial charge is 0.388 e. The molecule has 0 aromatic heterocycles. The van der Waals surface area contributed by atoms with Gasteiger partial charge in [0.2, 0.25) is 0 Å². The number of halogens is 1.